The van der Waals surface area contributed by atoms with Gasteiger partial charge in [0.15, 0.2) is 0 Å². The van der Waals surface area contributed by atoms with Gasteiger partial charge in [-0.15, -0.1) is 0 Å². The van der Waals surface area contributed by atoms with E-state index < -0.39 is 28.4 Å². The summed E-state index contributed by atoms with van der Waals surface area (Å²) >= 11 is 0. The number of carboxylic acid groups (broad SMARTS) is 1. The molecule has 0 aliphatic heterocycles. The van der Waals surface area contributed by atoms with Crippen molar-refractivity contribution in [1.29, 1.82) is 0 Å². The second kappa shape index (κ2) is 5.38. The molecule has 84 valence electrons. The van der Waals surface area contributed by atoms with Crippen LogP contribution in [0.3, 0.4) is 0 Å². The lowest BCUT2D eigenvalue weighted by atomic mass is 10.2. The van der Waals surface area contributed by atoms with E-state index in [2.05, 4.69) is 0 Å². The molecule has 0 saturated carbocycles. The van der Waals surface area contributed by atoms with Gasteiger partial charge in [-0.2, -0.15) is 8.78 Å². The number of hydrogen-bond donors (Lipinski definition) is 1. The van der Waals surface area contributed by atoms with Crippen LogP contribution in [0.1, 0.15) is 20.3 Å². The van der Waals surface area contributed by atoms with Gasteiger partial charge >= 0.3 is 11.9 Å². The van der Waals surface area contributed by atoms with Crippen molar-refractivity contribution in [2.45, 2.75) is 26.2 Å². The molecule has 0 aromatic heterocycles. The van der Waals surface area contributed by atoms with Crippen molar-refractivity contribution >= 4 is 16.8 Å². The number of carboxylic acids is 1. The highest BCUT2D eigenvalue weighted by Gasteiger charge is 2.40. The van der Waals surface area contributed by atoms with Crippen LogP contribution in [0.15, 0.2) is 0 Å². The molecular weight excluding hydrogens is 214 g/mol. The number of carbonyl (C=O) groups is 1. The maximum atomic E-state index is 12.6. The fourth-order valence-corrected chi connectivity index (χ4v) is 2.27. The molecule has 0 saturated heterocycles. The van der Waals surface area contributed by atoms with Crippen molar-refractivity contribution < 1.29 is 22.9 Å². The molecule has 2 unspecified atom stereocenters. The first-order valence-corrected chi connectivity index (χ1v) is 5.74. The molecule has 1 N–H and O–H groups in total. The first-order valence-electron chi connectivity index (χ1n) is 4.25. The van der Waals surface area contributed by atoms with Crippen LogP contribution < -0.4 is 0 Å². The maximum absolute atomic E-state index is 12.6. The van der Waals surface area contributed by atoms with E-state index in [0.29, 0.717) is 0 Å². The Labute approximate surface area is 84.0 Å². The van der Waals surface area contributed by atoms with Gasteiger partial charge in [-0.3, -0.25) is 4.21 Å². The predicted octanol–water partition coefficient (Wildman–Crippen LogP) is 1.50. The van der Waals surface area contributed by atoms with Crippen molar-refractivity contribution in [2.75, 3.05) is 11.5 Å². The predicted molar refractivity (Wildman–Crippen MR) is 49.9 cm³/mol. The first kappa shape index (κ1) is 13.5. The molecule has 0 aliphatic rings. The molecule has 0 rings (SSSR count). The Hall–Kier alpha value is -0.520. The fraction of sp³-hybridized carbons (Fsp3) is 0.875. The van der Waals surface area contributed by atoms with E-state index in [0.717, 1.165) is 6.42 Å². The number of hydrogen-bond acceptors (Lipinski definition) is 2. The number of alkyl halides is 2. The Bertz CT molecular complexity index is 231. The molecule has 0 aromatic rings. The molecular formula is C8H14F2O3S. The van der Waals surface area contributed by atoms with E-state index in [4.69, 9.17) is 5.11 Å². The van der Waals surface area contributed by atoms with E-state index in [1.807, 2.05) is 6.92 Å². The zero-order valence-electron chi connectivity index (χ0n) is 8.13. The minimum Gasteiger partial charge on any atom is -0.477 e. The molecule has 6 heteroatoms. The van der Waals surface area contributed by atoms with Crippen LogP contribution >= 0.6 is 0 Å². The molecule has 0 spiro atoms. The molecule has 0 fully saturated rings. The summed E-state index contributed by atoms with van der Waals surface area (Å²) in [5.41, 5.74) is 0. The molecule has 0 bridgehead atoms. The lowest BCUT2D eigenvalue weighted by molar-refractivity contribution is -0.161. The van der Waals surface area contributed by atoms with E-state index in [-0.39, 0.29) is 11.7 Å². The van der Waals surface area contributed by atoms with Crippen LogP contribution in [0.25, 0.3) is 0 Å². The number of halogens is 2. The lowest BCUT2D eigenvalue weighted by Crippen LogP contribution is -2.35. The molecule has 0 aliphatic carbocycles. The highest BCUT2D eigenvalue weighted by molar-refractivity contribution is 7.85. The van der Waals surface area contributed by atoms with Crippen LogP contribution in [-0.2, 0) is 15.6 Å². The fourth-order valence-electron chi connectivity index (χ4n) is 0.758. The molecule has 3 nitrogen and oxygen atoms in total. The third kappa shape index (κ3) is 4.64. The lowest BCUT2D eigenvalue weighted by Gasteiger charge is -2.12. The summed E-state index contributed by atoms with van der Waals surface area (Å²) in [6.45, 7) is 3.65. The molecule has 14 heavy (non-hydrogen) atoms. The third-order valence-corrected chi connectivity index (χ3v) is 3.45. The standard InChI is InChI=1S/C8H14F2O3S/c1-3-6(2)4-14(13)5-8(9,10)7(11)12/h6H,3-5H2,1-2H3,(H,11,12). The smallest absolute Gasteiger partial charge is 0.375 e. The van der Waals surface area contributed by atoms with Crippen molar-refractivity contribution in [1.82, 2.24) is 0 Å². The van der Waals surface area contributed by atoms with E-state index in [1.165, 1.54) is 0 Å². The summed E-state index contributed by atoms with van der Waals surface area (Å²) in [6, 6.07) is 0. The average molecular weight is 228 g/mol. The van der Waals surface area contributed by atoms with E-state index in [9.17, 15) is 17.8 Å². The van der Waals surface area contributed by atoms with Gasteiger partial charge < -0.3 is 5.11 Å². The van der Waals surface area contributed by atoms with Gasteiger partial charge in [0.25, 0.3) is 0 Å². The molecule has 0 radical (unpaired) electrons. The van der Waals surface area contributed by atoms with Crippen LogP contribution in [0.2, 0.25) is 0 Å². The molecule has 0 aromatic carbocycles. The van der Waals surface area contributed by atoms with Gasteiger partial charge in [0.05, 0.1) is 5.75 Å². The van der Waals surface area contributed by atoms with Crippen LogP contribution in [0.5, 0.6) is 0 Å². The zero-order chi connectivity index (χ0) is 11.4. The van der Waals surface area contributed by atoms with Gasteiger partial charge in [-0.25, -0.2) is 4.79 Å². The summed E-state index contributed by atoms with van der Waals surface area (Å²) in [6.07, 6.45) is 0.740. The second-order valence-corrected chi connectivity index (χ2v) is 4.78. The molecule has 2 atom stereocenters. The normalized spacial score (nSPS) is 16.3. The van der Waals surface area contributed by atoms with Gasteiger partial charge in [0, 0.05) is 16.6 Å². The van der Waals surface area contributed by atoms with Gasteiger partial charge in [-0.05, 0) is 5.92 Å². The third-order valence-electron chi connectivity index (χ3n) is 1.82. The van der Waals surface area contributed by atoms with Crippen LogP contribution in [0, 0.1) is 5.92 Å². The minimum absolute atomic E-state index is 0.0698. The Morgan fingerprint density at radius 1 is 1.57 bits per heavy atom. The second-order valence-electron chi connectivity index (χ2n) is 3.27. The maximum Gasteiger partial charge on any atom is 0.375 e. The van der Waals surface area contributed by atoms with E-state index in [1.54, 1.807) is 6.92 Å². The van der Waals surface area contributed by atoms with Gasteiger partial charge in [-0.1, -0.05) is 20.3 Å². The Balaban J connectivity index is 4.12. The van der Waals surface area contributed by atoms with Gasteiger partial charge in [0.2, 0.25) is 0 Å². The summed E-state index contributed by atoms with van der Waals surface area (Å²) < 4.78 is 36.2. The van der Waals surface area contributed by atoms with Crippen molar-refractivity contribution in [3.63, 3.8) is 0 Å². The van der Waals surface area contributed by atoms with Crippen molar-refractivity contribution in [3.05, 3.63) is 0 Å². The number of rotatable bonds is 6. The van der Waals surface area contributed by atoms with Crippen LogP contribution in [-0.4, -0.2) is 32.7 Å². The SMILES string of the molecule is CCC(C)CS(=O)CC(F)(F)C(=O)O. The molecule has 0 amide bonds. The van der Waals surface area contributed by atoms with Crippen molar-refractivity contribution in [3.8, 4) is 0 Å². The van der Waals surface area contributed by atoms with E-state index >= 15 is 0 Å². The molecule has 0 heterocycles. The first-order chi connectivity index (χ1) is 6.29. The van der Waals surface area contributed by atoms with Gasteiger partial charge in [0.1, 0.15) is 0 Å². The summed E-state index contributed by atoms with van der Waals surface area (Å²) in [5, 5.41) is 8.10. The summed E-state index contributed by atoms with van der Waals surface area (Å²) in [4.78, 5) is 10.0. The van der Waals surface area contributed by atoms with Crippen LogP contribution in [0.4, 0.5) is 8.78 Å². The zero-order valence-corrected chi connectivity index (χ0v) is 8.94. The highest BCUT2D eigenvalue weighted by atomic mass is 32.2. The minimum atomic E-state index is -3.88. The summed E-state index contributed by atoms with van der Waals surface area (Å²) in [7, 11) is -1.77. The Kier molecular flexibility index (Phi) is 5.18. The number of aliphatic carboxylic acids is 1. The highest BCUT2D eigenvalue weighted by Crippen LogP contribution is 2.16. The Morgan fingerprint density at radius 3 is 2.43 bits per heavy atom. The monoisotopic (exact) mass is 228 g/mol. The topological polar surface area (TPSA) is 54.4 Å². The largest absolute Gasteiger partial charge is 0.477 e. The average Bonchev–Trinajstić information content (AvgIpc) is 2.02. The summed E-state index contributed by atoms with van der Waals surface area (Å²) in [5.74, 6) is -6.99. The Morgan fingerprint density at radius 2 is 2.07 bits per heavy atom. The van der Waals surface area contributed by atoms with Crippen molar-refractivity contribution in [2.24, 2.45) is 5.92 Å². The quantitative estimate of drug-likeness (QED) is 0.749.